The standard InChI is InChI=1S/C18H15FN2O4/c1-11(24-14-8-6-13(19)7-9-14)17(22)20-21-18(23)16-10-12-4-2-3-5-15(12)25-16/h2-11H,1H3,(H,20,22)(H,21,23)/t11-/m1/s1. The van der Waals surface area contributed by atoms with Crippen LogP contribution >= 0.6 is 0 Å². The van der Waals surface area contributed by atoms with Crippen LogP contribution in [0.2, 0.25) is 0 Å². The van der Waals surface area contributed by atoms with Gasteiger partial charge in [0.15, 0.2) is 11.9 Å². The minimum atomic E-state index is -0.888. The topological polar surface area (TPSA) is 80.6 Å². The molecule has 6 nitrogen and oxygen atoms in total. The number of furan rings is 1. The van der Waals surface area contributed by atoms with E-state index in [0.717, 1.165) is 5.39 Å². The molecular weight excluding hydrogens is 327 g/mol. The van der Waals surface area contributed by atoms with Crippen LogP contribution in [0.1, 0.15) is 17.5 Å². The Kier molecular flexibility index (Phi) is 4.65. The molecule has 1 atom stereocenters. The molecule has 3 aromatic rings. The van der Waals surface area contributed by atoms with Crippen LogP contribution < -0.4 is 15.6 Å². The molecule has 3 rings (SSSR count). The zero-order chi connectivity index (χ0) is 17.8. The average molecular weight is 342 g/mol. The molecule has 0 radical (unpaired) electrons. The summed E-state index contributed by atoms with van der Waals surface area (Å²) < 4.78 is 23.6. The fourth-order valence-corrected chi connectivity index (χ4v) is 2.15. The summed E-state index contributed by atoms with van der Waals surface area (Å²) in [6, 6.07) is 14.0. The fraction of sp³-hybridized carbons (Fsp3) is 0.111. The molecule has 0 fully saturated rings. The van der Waals surface area contributed by atoms with Gasteiger partial charge in [0.05, 0.1) is 0 Å². The van der Waals surface area contributed by atoms with E-state index in [9.17, 15) is 14.0 Å². The van der Waals surface area contributed by atoms with Crippen LogP contribution in [0, 0.1) is 5.82 Å². The van der Waals surface area contributed by atoms with E-state index in [1.165, 1.54) is 31.2 Å². The predicted molar refractivity (Wildman–Crippen MR) is 88.3 cm³/mol. The smallest absolute Gasteiger partial charge is 0.305 e. The van der Waals surface area contributed by atoms with E-state index >= 15 is 0 Å². The van der Waals surface area contributed by atoms with Crippen molar-refractivity contribution in [1.82, 2.24) is 10.9 Å². The van der Waals surface area contributed by atoms with Crippen molar-refractivity contribution in [2.45, 2.75) is 13.0 Å². The molecule has 0 unspecified atom stereocenters. The number of carbonyl (C=O) groups excluding carboxylic acids is 2. The Balaban J connectivity index is 1.55. The molecule has 1 heterocycles. The monoisotopic (exact) mass is 342 g/mol. The van der Waals surface area contributed by atoms with Crippen LogP contribution in [0.15, 0.2) is 59.0 Å². The van der Waals surface area contributed by atoms with Crippen LogP contribution in [0.3, 0.4) is 0 Å². The number of hydrogen-bond donors (Lipinski definition) is 2. The number of nitrogens with one attached hydrogen (secondary N) is 2. The number of carbonyl (C=O) groups is 2. The number of rotatable bonds is 4. The van der Waals surface area contributed by atoms with Gasteiger partial charge in [0.1, 0.15) is 17.1 Å². The highest BCUT2D eigenvalue weighted by Gasteiger charge is 2.17. The van der Waals surface area contributed by atoms with E-state index in [-0.39, 0.29) is 5.76 Å². The van der Waals surface area contributed by atoms with Crippen LogP contribution in [-0.2, 0) is 4.79 Å². The van der Waals surface area contributed by atoms with Crippen molar-refractivity contribution in [3.05, 3.63) is 66.2 Å². The summed E-state index contributed by atoms with van der Waals surface area (Å²) in [5.74, 6) is -1.13. The van der Waals surface area contributed by atoms with E-state index in [4.69, 9.17) is 9.15 Å². The van der Waals surface area contributed by atoms with E-state index in [1.54, 1.807) is 18.2 Å². The maximum Gasteiger partial charge on any atom is 0.305 e. The van der Waals surface area contributed by atoms with Crippen LogP contribution in [0.5, 0.6) is 5.75 Å². The maximum atomic E-state index is 12.8. The summed E-state index contributed by atoms with van der Waals surface area (Å²) in [6.45, 7) is 1.51. The molecule has 0 saturated heterocycles. The van der Waals surface area contributed by atoms with Gasteiger partial charge < -0.3 is 9.15 Å². The molecule has 128 valence electrons. The first kappa shape index (κ1) is 16.5. The minimum Gasteiger partial charge on any atom is -0.481 e. The molecular formula is C18H15FN2O4. The molecule has 2 aromatic carbocycles. The Labute approximate surface area is 142 Å². The largest absolute Gasteiger partial charge is 0.481 e. The van der Waals surface area contributed by atoms with Crippen molar-refractivity contribution in [2.24, 2.45) is 0 Å². The number of amides is 2. The van der Waals surface area contributed by atoms with Crippen molar-refractivity contribution in [2.75, 3.05) is 0 Å². The third kappa shape index (κ3) is 3.95. The van der Waals surface area contributed by atoms with Crippen LogP contribution in [0.4, 0.5) is 4.39 Å². The lowest BCUT2D eigenvalue weighted by Gasteiger charge is -2.14. The highest BCUT2D eigenvalue weighted by atomic mass is 19.1. The molecule has 1 aromatic heterocycles. The maximum absolute atomic E-state index is 12.8. The third-order valence-electron chi connectivity index (χ3n) is 3.44. The molecule has 0 aliphatic rings. The number of hydrazine groups is 1. The molecule has 0 bridgehead atoms. The Morgan fingerprint density at radius 1 is 1.08 bits per heavy atom. The first-order chi connectivity index (χ1) is 12.0. The number of ether oxygens (including phenoxy) is 1. The summed E-state index contributed by atoms with van der Waals surface area (Å²) >= 11 is 0. The number of benzene rings is 2. The first-order valence-corrected chi connectivity index (χ1v) is 7.54. The Hall–Kier alpha value is -3.35. The van der Waals surface area contributed by atoms with E-state index < -0.39 is 23.7 Å². The van der Waals surface area contributed by atoms with E-state index in [0.29, 0.717) is 11.3 Å². The van der Waals surface area contributed by atoms with Gasteiger partial charge in [0.2, 0.25) is 0 Å². The number of fused-ring (bicyclic) bond motifs is 1. The van der Waals surface area contributed by atoms with Gasteiger partial charge in [-0.05, 0) is 43.3 Å². The Bertz CT molecular complexity index is 872. The van der Waals surface area contributed by atoms with Gasteiger partial charge in [0.25, 0.3) is 5.91 Å². The van der Waals surface area contributed by atoms with Crippen LogP contribution in [-0.4, -0.2) is 17.9 Å². The Morgan fingerprint density at radius 3 is 2.52 bits per heavy atom. The Morgan fingerprint density at radius 2 is 1.80 bits per heavy atom. The van der Waals surface area contributed by atoms with Gasteiger partial charge in [-0.1, -0.05) is 18.2 Å². The molecule has 7 heteroatoms. The van der Waals surface area contributed by atoms with Crippen molar-refractivity contribution >= 4 is 22.8 Å². The summed E-state index contributed by atoms with van der Waals surface area (Å²) in [7, 11) is 0. The van der Waals surface area contributed by atoms with Crippen LogP contribution in [0.25, 0.3) is 11.0 Å². The molecule has 2 amide bonds. The minimum absolute atomic E-state index is 0.0774. The van der Waals surface area contributed by atoms with Gasteiger partial charge >= 0.3 is 5.91 Å². The van der Waals surface area contributed by atoms with Crippen molar-refractivity contribution in [3.8, 4) is 5.75 Å². The molecule has 2 N–H and O–H groups in total. The third-order valence-corrected chi connectivity index (χ3v) is 3.44. The normalized spacial score (nSPS) is 11.8. The number of halogens is 1. The summed E-state index contributed by atoms with van der Waals surface area (Å²) in [4.78, 5) is 24.0. The summed E-state index contributed by atoms with van der Waals surface area (Å²) in [5.41, 5.74) is 5.10. The van der Waals surface area contributed by atoms with Crippen molar-refractivity contribution < 1.29 is 23.1 Å². The SMILES string of the molecule is C[C@@H](Oc1ccc(F)cc1)C(=O)NNC(=O)c1cc2ccccc2o1. The lowest BCUT2D eigenvalue weighted by molar-refractivity contribution is -0.128. The van der Waals surface area contributed by atoms with Gasteiger partial charge in [-0.2, -0.15) is 0 Å². The molecule has 0 aliphatic heterocycles. The molecule has 0 saturated carbocycles. The molecule has 0 aliphatic carbocycles. The average Bonchev–Trinajstić information content (AvgIpc) is 3.05. The number of hydrogen-bond acceptors (Lipinski definition) is 4. The van der Waals surface area contributed by atoms with E-state index in [1.807, 2.05) is 12.1 Å². The zero-order valence-electron chi connectivity index (χ0n) is 13.3. The second-order valence-electron chi connectivity index (χ2n) is 5.31. The second kappa shape index (κ2) is 7.04. The summed E-state index contributed by atoms with van der Waals surface area (Å²) in [5, 5.41) is 0.784. The van der Waals surface area contributed by atoms with Crippen molar-refractivity contribution in [3.63, 3.8) is 0 Å². The first-order valence-electron chi connectivity index (χ1n) is 7.54. The quantitative estimate of drug-likeness (QED) is 0.715. The lowest BCUT2D eigenvalue weighted by atomic mass is 10.2. The predicted octanol–water partition coefficient (Wildman–Crippen LogP) is 2.80. The summed E-state index contributed by atoms with van der Waals surface area (Å²) in [6.07, 6.45) is -0.888. The van der Waals surface area contributed by atoms with Gasteiger partial charge in [-0.25, -0.2) is 4.39 Å². The number of para-hydroxylation sites is 1. The van der Waals surface area contributed by atoms with E-state index in [2.05, 4.69) is 10.9 Å². The fourth-order valence-electron chi connectivity index (χ4n) is 2.15. The van der Waals surface area contributed by atoms with Gasteiger partial charge in [-0.15, -0.1) is 0 Å². The van der Waals surface area contributed by atoms with Crippen molar-refractivity contribution in [1.29, 1.82) is 0 Å². The molecule has 0 spiro atoms. The second-order valence-corrected chi connectivity index (χ2v) is 5.31. The van der Waals surface area contributed by atoms with Gasteiger partial charge in [-0.3, -0.25) is 20.4 Å². The van der Waals surface area contributed by atoms with Gasteiger partial charge in [0, 0.05) is 5.39 Å². The highest BCUT2D eigenvalue weighted by Crippen LogP contribution is 2.18. The lowest BCUT2D eigenvalue weighted by Crippen LogP contribution is -2.47. The molecule has 25 heavy (non-hydrogen) atoms. The zero-order valence-corrected chi connectivity index (χ0v) is 13.3. The highest BCUT2D eigenvalue weighted by molar-refractivity contribution is 5.97.